The van der Waals surface area contributed by atoms with Crippen LogP contribution in [0.2, 0.25) is 0 Å². The van der Waals surface area contributed by atoms with Crippen LogP contribution in [0.4, 0.5) is 5.69 Å². The number of ether oxygens (including phenoxy) is 4. The van der Waals surface area contributed by atoms with Gasteiger partial charge in [-0.25, -0.2) is 0 Å². The number of anilines is 1. The molecule has 0 atom stereocenters. The number of hydrogen-bond donors (Lipinski definition) is 1. The molecular weight excluding hydrogens is 282 g/mol. The average Bonchev–Trinajstić information content (AvgIpc) is 2.52. The van der Waals surface area contributed by atoms with Gasteiger partial charge < -0.3 is 24.3 Å². The van der Waals surface area contributed by atoms with E-state index in [0.29, 0.717) is 19.1 Å². The van der Waals surface area contributed by atoms with Crippen LogP contribution in [0.15, 0.2) is 18.2 Å². The topological polar surface area (TPSA) is 49.0 Å². The molecule has 0 bridgehead atoms. The lowest BCUT2D eigenvalue weighted by molar-refractivity contribution is -0.0914. The first-order valence-electron chi connectivity index (χ1n) is 7.71. The lowest BCUT2D eigenvalue weighted by Crippen LogP contribution is -2.23. The molecule has 0 unspecified atom stereocenters. The van der Waals surface area contributed by atoms with Gasteiger partial charge in [0.1, 0.15) is 0 Å². The van der Waals surface area contributed by atoms with Crippen molar-refractivity contribution in [3.05, 3.63) is 18.2 Å². The van der Waals surface area contributed by atoms with E-state index in [-0.39, 0.29) is 6.29 Å². The van der Waals surface area contributed by atoms with Gasteiger partial charge in [0.25, 0.3) is 0 Å². The zero-order valence-electron chi connectivity index (χ0n) is 14.3. The Bertz CT molecular complexity index is 419. The summed E-state index contributed by atoms with van der Waals surface area (Å²) in [5.74, 6) is 2.19. The second kappa shape index (κ2) is 10.3. The molecule has 0 saturated heterocycles. The van der Waals surface area contributed by atoms with Crippen molar-refractivity contribution in [3.63, 3.8) is 0 Å². The van der Waals surface area contributed by atoms with Gasteiger partial charge in [0.05, 0.1) is 20.3 Å². The summed E-state index contributed by atoms with van der Waals surface area (Å²) < 4.78 is 21.5. The molecule has 0 aliphatic rings. The molecule has 0 spiro atoms. The SMILES string of the molecule is COc1ccc(NCC(OC)OC)cc1OCCCC(C)C. The monoisotopic (exact) mass is 311 g/mol. The average molecular weight is 311 g/mol. The smallest absolute Gasteiger partial charge is 0.173 e. The highest BCUT2D eigenvalue weighted by Crippen LogP contribution is 2.30. The van der Waals surface area contributed by atoms with Crippen LogP contribution in [0, 0.1) is 5.92 Å². The maximum Gasteiger partial charge on any atom is 0.173 e. The van der Waals surface area contributed by atoms with Crippen LogP contribution < -0.4 is 14.8 Å². The Morgan fingerprint density at radius 1 is 1.05 bits per heavy atom. The van der Waals surface area contributed by atoms with Gasteiger partial charge in [-0.05, 0) is 30.9 Å². The van der Waals surface area contributed by atoms with Gasteiger partial charge in [-0.2, -0.15) is 0 Å². The molecule has 0 heterocycles. The highest BCUT2D eigenvalue weighted by molar-refractivity contribution is 5.54. The zero-order valence-corrected chi connectivity index (χ0v) is 14.3. The summed E-state index contributed by atoms with van der Waals surface area (Å²) in [7, 11) is 4.88. The molecule has 0 aliphatic heterocycles. The van der Waals surface area contributed by atoms with Crippen molar-refractivity contribution < 1.29 is 18.9 Å². The Balaban J connectivity index is 2.59. The molecule has 126 valence electrons. The van der Waals surface area contributed by atoms with Gasteiger partial charge in [-0.15, -0.1) is 0 Å². The normalized spacial score (nSPS) is 11.0. The second-order valence-corrected chi connectivity index (χ2v) is 5.53. The molecule has 1 rings (SSSR count). The summed E-state index contributed by atoms with van der Waals surface area (Å²) in [6.07, 6.45) is 1.91. The van der Waals surface area contributed by atoms with Gasteiger partial charge in [0, 0.05) is 26.0 Å². The predicted molar refractivity (Wildman–Crippen MR) is 88.9 cm³/mol. The summed E-state index contributed by atoms with van der Waals surface area (Å²) in [5, 5.41) is 3.26. The number of benzene rings is 1. The fraction of sp³-hybridized carbons (Fsp3) is 0.647. The van der Waals surface area contributed by atoms with Crippen molar-refractivity contribution in [2.24, 2.45) is 5.92 Å². The first-order chi connectivity index (χ1) is 10.6. The van der Waals surface area contributed by atoms with Crippen molar-refractivity contribution >= 4 is 5.69 Å². The third-order valence-corrected chi connectivity index (χ3v) is 3.35. The van der Waals surface area contributed by atoms with Crippen LogP contribution in [-0.2, 0) is 9.47 Å². The molecule has 1 N–H and O–H groups in total. The highest BCUT2D eigenvalue weighted by atomic mass is 16.7. The molecule has 5 heteroatoms. The summed E-state index contributed by atoms with van der Waals surface area (Å²) in [6, 6.07) is 5.79. The fourth-order valence-corrected chi connectivity index (χ4v) is 2.04. The standard InChI is InChI=1S/C17H29NO4/c1-13(2)7-6-10-22-16-11-14(8-9-15(16)19-3)18-12-17(20-4)21-5/h8-9,11,13,17-18H,6-7,10,12H2,1-5H3. The summed E-state index contributed by atoms with van der Waals surface area (Å²) in [6.45, 7) is 5.68. The van der Waals surface area contributed by atoms with Gasteiger partial charge >= 0.3 is 0 Å². The molecule has 5 nitrogen and oxygen atoms in total. The second-order valence-electron chi connectivity index (χ2n) is 5.53. The lowest BCUT2D eigenvalue weighted by Gasteiger charge is -2.17. The van der Waals surface area contributed by atoms with Gasteiger partial charge in [0.2, 0.25) is 0 Å². The van der Waals surface area contributed by atoms with E-state index in [1.807, 2.05) is 18.2 Å². The zero-order chi connectivity index (χ0) is 16.4. The Kier molecular flexibility index (Phi) is 8.70. The molecule has 0 saturated carbocycles. The Labute approximate surface area is 133 Å². The maximum atomic E-state index is 5.85. The molecule has 1 aromatic carbocycles. The van der Waals surface area contributed by atoms with Crippen molar-refractivity contribution in [2.75, 3.05) is 39.8 Å². The van der Waals surface area contributed by atoms with E-state index in [4.69, 9.17) is 18.9 Å². The van der Waals surface area contributed by atoms with E-state index in [0.717, 1.165) is 30.0 Å². The quantitative estimate of drug-likeness (QED) is 0.500. The van der Waals surface area contributed by atoms with Crippen LogP contribution in [-0.4, -0.2) is 40.8 Å². The van der Waals surface area contributed by atoms with E-state index < -0.39 is 0 Å². The first-order valence-corrected chi connectivity index (χ1v) is 7.71. The predicted octanol–water partition coefficient (Wildman–Crippen LogP) is 3.54. The van der Waals surface area contributed by atoms with E-state index in [2.05, 4.69) is 19.2 Å². The summed E-state index contributed by atoms with van der Waals surface area (Å²) in [5.41, 5.74) is 0.943. The van der Waals surface area contributed by atoms with Crippen molar-refractivity contribution in [3.8, 4) is 11.5 Å². The van der Waals surface area contributed by atoms with E-state index in [1.165, 1.54) is 0 Å². The highest BCUT2D eigenvalue weighted by Gasteiger charge is 2.08. The molecule has 0 amide bonds. The Morgan fingerprint density at radius 3 is 2.36 bits per heavy atom. The molecule has 1 aromatic rings. The number of hydrogen-bond acceptors (Lipinski definition) is 5. The van der Waals surface area contributed by atoms with Crippen LogP contribution in [0.5, 0.6) is 11.5 Å². The minimum Gasteiger partial charge on any atom is -0.493 e. The first kappa shape index (κ1) is 18.6. The summed E-state index contributed by atoms with van der Waals surface area (Å²) >= 11 is 0. The molecule has 0 aromatic heterocycles. The number of nitrogens with one attached hydrogen (secondary N) is 1. The van der Waals surface area contributed by atoms with Gasteiger partial charge in [0.15, 0.2) is 17.8 Å². The van der Waals surface area contributed by atoms with Gasteiger partial charge in [-0.1, -0.05) is 13.8 Å². The van der Waals surface area contributed by atoms with E-state index >= 15 is 0 Å². The van der Waals surface area contributed by atoms with Crippen LogP contribution >= 0.6 is 0 Å². The molecule has 0 fully saturated rings. The third-order valence-electron chi connectivity index (χ3n) is 3.35. The Hall–Kier alpha value is -1.46. The number of rotatable bonds is 11. The molecule has 0 radical (unpaired) electrons. The fourth-order valence-electron chi connectivity index (χ4n) is 2.04. The largest absolute Gasteiger partial charge is 0.493 e. The maximum absolute atomic E-state index is 5.85. The van der Waals surface area contributed by atoms with Crippen LogP contribution in [0.1, 0.15) is 26.7 Å². The van der Waals surface area contributed by atoms with Gasteiger partial charge in [-0.3, -0.25) is 0 Å². The van der Waals surface area contributed by atoms with Crippen molar-refractivity contribution in [1.82, 2.24) is 0 Å². The van der Waals surface area contributed by atoms with E-state index in [9.17, 15) is 0 Å². The minimum absolute atomic E-state index is 0.280. The van der Waals surface area contributed by atoms with Crippen LogP contribution in [0.25, 0.3) is 0 Å². The molecular formula is C17H29NO4. The van der Waals surface area contributed by atoms with Crippen molar-refractivity contribution in [2.45, 2.75) is 33.0 Å². The Morgan fingerprint density at radius 2 is 1.77 bits per heavy atom. The van der Waals surface area contributed by atoms with E-state index in [1.54, 1.807) is 21.3 Å². The van der Waals surface area contributed by atoms with Crippen LogP contribution in [0.3, 0.4) is 0 Å². The van der Waals surface area contributed by atoms with Crippen molar-refractivity contribution in [1.29, 1.82) is 0 Å². The number of methoxy groups -OCH3 is 3. The minimum atomic E-state index is -0.280. The molecule has 22 heavy (non-hydrogen) atoms. The third kappa shape index (κ3) is 6.54. The lowest BCUT2D eigenvalue weighted by atomic mass is 10.1. The molecule has 0 aliphatic carbocycles. The summed E-state index contributed by atoms with van der Waals surface area (Å²) in [4.78, 5) is 0.